The quantitative estimate of drug-likeness (QED) is 0.309. The second-order valence-corrected chi connectivity index (χ2v) is 6.09. The van der Waals surface area contributed by atoms with E-state index in [9.17, 15) is 19.2 Å². The molecule has 0 spiro atoms. The van der Waals surface area contributed by atoms with Gasteiger partial charge in [-0.3, -0.25) is 20.2 Å². The molecule has 0 aliphatic carbocycles. The Morgan fingerprint density at radius 2 is 1.55 bits per heavy atom. The molecule has 1 heterocycles. The Morgan fingerprint density at radius 1 is 0.966 bits per heavy atom. The number of imide groups is 2. The predicted octanol–water partition coefficient (Wildman–Crippen LogP) is 1.93. The Bertz CT molecular complexity index is 1020. The number of carbonyl (C=O) groups excluding carboxylic acids is 3. The average molecular weight is 392 g/mol. The Balaban J connectivity index is 1.70. The Labute approximate surface area is 165 Å². The van der Waals surface area contributed by atoms with Gasteiger partial charge in [-0.25, -0.2) is 14.6 Å². The number of carbonyl (C=O) groups is 4. The van der Waals surface area contributed by atoms with Crippen LogP contribution in [0.3, 0.4) is 0 Å². The third-order valence-electron chi connectivity index (χ3n) is 4.05. The zero-order valence-electron chi connectivity index (χ0n) is 15.2. The van der Waals surface area contributed by atoms with E-state index in [2.05, 4.69) is 4.99 Å². The highest BCUT2D eigenvalue weighted by Crippen LogP contribution is 2.17. The largest absolute Gasteiger partial charge is 0.478 e. The fraction of sp³-hybridized carbons (Fsp3) is 0.0500. The molecule has 146 valence electrons. The summed E-state index contributed by atoms with van der Waals surface area (Å²) in [6.45, 7) is 0. The molecule has 1 saturated heterocycles. The lowest BCUT2D eigenvalue weighted by Gasteiger charge is -2.15. The lowest BCUT2D eigenvalue weighted by Crippen LogP contribution is -2.51. The van der Waals surface area contributed by atoms with Gasteiger partial charge in [0.15, 0.2) is 0 Å². The van der Waals surface area contributed by atoms with E-state index in [0.717, 1.165) is 5.69 Å². The summed E-state index contributed by atoms with van der Waals surface area (Å²) in [5.41, 5.74) is 2.04. The van der Waals surface area contributed by atoms with Crippen molar-refractivity contribution in [2.24, 2.45) is 4.99 Å². The minimum Gasteiger partial charge on any atom is -0.478 e. The minimum absolute atomic E-state index is 0.155. The van der Waals surface area contributed by atoms with Crippen molar-refractivity contribution in [3.63, 3.8) is 0 Å². The first-order valence-electron chi connectivity index (χ1n) is 8.42. The monoisotopic (exact) mass is 392 g/mol. The third kappa shape index (κ3) is 4.72. The van der Waals surface area contributed by atoms with Crippen LogP contribution >= 0.6 is 0 Å². The lowest BCUT2D eigenvalue weighted by molar-refractivity contribution is -0.123. The topological polar surface area (TPSA) is 128 Å². The van der Waals surface area contributed by atoms with Crippen LogP contribution in [0.4, 0.5) is 16.2 Å². The molecular formula is C20H16N4O5. The van der Waals surface area contributed by atoms with Gasteiger partial charge in [-0.15, -0.1) is 0 Å². The normalized spacial score (nSPS) is 13.8. The average Bonchev–Trinajstić information content (AvgIpc) is 2.69. The van der Waals surface area contributed by atoms with Crippen LogP contribution in [-0.2, 0) is 9.59 Å². The lowest BCUT2D eigenvalue weighted by atomic mass is 10.1. The van der Waals surface area contributed by atoms with Gasteiger partial charge in [0.25, 0.3) is 11.8 Å². The summed E-state index contributed by atoms with van der Waals surface area (Å²) < 4.78 is 0. The molecule has 3 rings (SSSR count). The number of urea groups is 1. The molecule has 9 nitrogen and oxygen atoms in total. The van der Waals surface area contributed by atoms with Gasteiger partial charge in [-0.05, 0) is 48.0 Å². The Kier molecular flexibility index (Phi) is 5.49. The van der Waals surface area contributed by atoms with Crippen LogP contribution in [0.15, 0.2) is 59.1 Å². The van der Waals surface area contributed by atoms with Gasteiger partial charge >= 0.3 is 12.0 Å². The number of aromatic carboxylic acids is 1. The molecule has 29 heavy (non-hydrogen) atoms. The summed E-state index contributed by atoms with van der Waals surface area (Å²) in [7, 11) is 1.79. The highest BCUT2D eigenvalue weighted by molar-refractivity contribution is 6.31. The van der Waals surface area contributed by atoms with E-state index in [-0.39, 0.29) is 11.1 Å². The van der Waals surface area contributed by atoms with Gasteiger partial charge in [-0.2, -0.15) is 0 Å². The van der Waals surface area contributed by atoms with Gasteiger partial charge in [0.05, 0.1) is 17.6 Å². The maximum Gasteiger partial charge on any atom is 0.335 e. The van der Waals surface area contributed by atoms with Crippen molar-refractivity contribution < 1.29 is 24.3 Å². The second kappa shape index (κ2) is 8.17. The van der Waals surface area contributed by atoms with Crippen molar-refractivity contribution in [1.82, 2.24) is 10.6 Å². The summed E-state index contributed by atoms with van der Waals surface area (Å²) in [5, 5.41) is 12.9. The number of carboxylic acids is 1. The SMILES string of the molecule is CN(C=Nc1ccc(C(=O)O)cc1)c1ccc(C=C2C(=O)NC(=O)NC2=O)cc1. The second-order valence-electron chi connectivity index (χ2n) is 6.09. The molecule has 0 aromatic heterocycles. The standard InChI is InChI=1S/C20H16N4O5/c1-24(11-21-14-6-4-13(5-7-14)19(27)28)15-8-2-12(3-9-15)10-16-17(25)22-20(29)23-18(16)26/h2-11H,1H3,(H,27,28)(H2,22,23,25,26,29). The molecule has 2 aromatic carbocycles. The van der Waals surface area contributed by atoms with Crippen molar-refractivity contribution in [1.29, 1.82) is 0 Å². The van der Waals surface area contributed by atoms with Crippen molar-refractivity contribution >= 4 is 47.6 Å². The summed E-state index contributed by atoms with van der Waals surface area (Å²) >= 11 is 0. The molecule has 0 radical (unpaired) electrons. The first-order valence-corrected chi connectivity index (χ1v) is 8.42. The van der Waals surface area contributed by atoms with Gasteiger partial charge in [0.2, 0.25) is 0 Å². The molecule has 0 bridgehead atoms. The van der Waals surface area contributed by atoms with Gasteiger partial charge < -0.3 is 10.0 Å². The van der Waals surface area contributed by atoms with Crippen LogP contribution in [0.25, 0.3) is 6.08 Å². The van der Waals surface area contributed by atoms with Crippen LogP contribution in [0, 0.1) is 0 Å². The van der Waals surface area contributed by atoms with Crippen LogP contribution in [0.2, 0.25) is 0 Å². The smallest absolute Gasteiger partial charge is 0.335 e. The fourth-order valence-corrected chi connectivity index (χ4v) is 2.49. The summed E-state index contributed by atoms with van der Waals surface area (Å²) in [6.07, 6.45) is 2.97. The Hall–Kier alpha value is -4.27. The van der Waals surface area contributed by atoms with Crippen molar-refractivity contribution in [3.8, 4) is 0 Å². The zero-order chi connectivity index (χ0) is 21.0. The molecule has 1 fully saturated rings. The molecule has 1 aliphatic heterocycles. The number of benzene rings is 2. The van der Waals surface area contributed by atoms with E-state index in [4.69, 9.17) is 5.11 Å². The number of hydrogen-bond acceptors (Lipinski definition) is 5. The maximum atomic E-state index is 11.8. The number of rotatable bonds is 5. The molecule has 3 N–H and O–H groups in total. The molecular weight excluding hydrogens is 376 g/mol. The number of nitrogens with zero attached hydrogens (tertiary/aromatic N) is 2. The number of carboxylic acid groups (broad SMARTS) is 1. The molecule has 2 aromatic rings. The number of anilines is 1. The molecule has 9 heteroatoms. The van der Waals surface area contributed by atoms with E-state index < -0.39 is 23.8 Å². The van der Waals surface area contributed by atoms with Crippen LogP contribution in [-0.4, -0.2) is 42.3 Å². The van der Waals surface area contributed by atoms with E-state index in [1.165, 1.54) is 18.2 Å². The first kappa shape index (κ1) is 19.5. The Morgan fingerprint density at radius 3 is 2.10 bits per heavy atom. The number of barbiturate groups is 1. The summed E-state index contributed by atoms with van der Waals surface area (Å²) in [4.78, 5) is 51.5. The van der Waals surface area contributed by atoms with Crippen LogP contribution in [0.5, 0.6) is 0 Å². The zero-order valence-corrected chi connectivity index (χ0v) is 15.2. The van der Waals surface area contributed by atoms with Gasteiger partial charge in [0.1, 0.15) is 5.57 Å². The number of nitrogens with one attached hydrogen (secondary N) is 2. The van der Waals surface area contributed by atoms with Crippen molar-refractivity contribution in [2.45, 2.75) is 0 Å². The van der Waals surface area contributed by atoms with Crippen LogP contribution < -0.4 is 15.5 Å². The summed E-state index contributed by atoms with van der Waals surface area (Å²) in [6, 6.07) is 12.3. The van der Waals surface area contributed by atoms with Crippen molar-refractivity contribution in [2.75, 3.05) is 11.9 Å². The summed E-state index contributed by atoms with van der Waals surface area (Å²) in [5.74, 6) is -2.50. The molecule has 0 saturated carbocycles. The number of aliphatic imine (C=N–C) groups is 1. The molecule has 1 aliphatic rings. The van der Waals surface area contributed by atoms with E-state index in [1.54, 1.807) is 54.7 Å². The van der Waals surface area contributed by atoms with E-state index in [0.29, 0.717) is 11.3 Å². The number of amides is 4. The van der Waals surface area contributed by atoms with Gasteiger partial charge in [0, 0.05) is 12.7 Å². The molecule has 0 atom stereocenters. The highest BCUT2D eigenvalue weighted by atomic mass is 16.4. The first-order chi connectivity index (χ1) is 13.8. The molecule has 0 unspecified atom stereocenters. The molecule has 4 amide bonds. The van der Waals surface area contributed by atoms with Gasteiger partial charge in [-0.1, -0.05) is 12.1 Å². The van der Waals surface area contributed by atoms with E-state index in [1.807, 2.05) is 10.6 Å². The van der Waals surface area contributed by atoms with Crippen molar-refractivity contribution in [3.05, 3.63) is 65.2 Å². The highest BCUT2D eigenvalue weighted by Gasteiger charge is 2.27. The fourth-order valence-electron chi connectivity index (χ4n) is 2.49. The maximum absolute atomic E-state index is 11.8. The third-order valence-corrected chi connectivity index (χ3v) is 4.05. The van der Waals surface area contributed by atoms with E-state index >= 15 is 0 Å². The predicted molar refractivity (Wildman–Crippen MR) is 106 cm³/mol. The van der Waals surface area contributed by atoms with Crippen LogP contribution in [0.1, 0.15) is 15.9 Å². The minimum atomic E-state index is -0.998. The number of hydrogen-bond donors (Lipinski definition) is 3.